The van der Waals surface area contributed by atoms with Gasteiger partial charge >= 0.3 is 11.9 Å². The van der Waals surface area contributed by atoms with E-state index in [1.54, 1.807) is 48.5 Å². The molecule has 2 aromatic rings. The van der Waals surface area contributed by atoms with Crippen LogP contribution in [0.3, 0.4) is 0 Å². The van der Waals surface area contributed by atoms with Crippen LogP contribution in [0.4, 0.5) is 0 Å². The fourth-order valence-electron chi connectivity index (χ4n) is 2.92. The van der Waals surface area contributed by atoms with Crippen molar-refractivity contribution in [3.05, 3.63) is 63.5 Å². The van der Waals surface area contributed by atoms with Gasteiger partial charge in [-0.05, 0) is 47.9 Å². The highest BCUT2D eigenvalue weighted by Crippen LogP contribution is 2.35. The summed E-state index contributed by atoms with van der Waals surface area (Å²) in [5.41, 5.74) is 7.26. The van der Waals surface area contributed by atoms with Crippen molar-refractivity contribution in [3.63, 3.8) is 0 Å². The Labute approximate surface area is 204 Å². The molecule has 0 bridgehead atoms. The van der Waals surface area contributed by atoms with Gasteiger partial charge in [0.2, 0.25) is 0 Å². The number of halogens is 1. The van der Waals surface area contributed by atoms with E-state index in [1.807, 2.05) is 0 Å². The minimum atomic E-state index is -1.14. The van der Waals surface area contributed by atoms with Crippen molar-refractivity contribution in [1.29, 1.82) is 0 Å². The van der Waals surface area contributed by atoms with Gasteiger partial charge < -0.3 is 20.3 Å². The number of methoxy groups -OCH3 is 1. The molecule has 1 fully saturated rings. The smallest absolute Gasteiger partial charge is 0.323 e. The normalized spacial score (nSPS) is 15.6. The lowest BCUT2D eigenvalue weighted by Gasteiger charge is -2.11. The summed E-state index contributed by atoms with van der Waals surface area (Å²) in [6.07, 6.45) is 1.93. The molecule has 1 amide bonds. The standard InChI is InChI=1S/C22H19ClN2O6S2/c1-30-21(29)16(24)9-12-2-5-14(6-3-12)31-17-7-4-13(8-15(17)23)10-18-20(28)25(11-19(26)27)22(32)33-18/h2-8,10,16H,9,11,24H2,1H3,(H,26,27)/b18-10-/t16-/m0/s1. The van der Waals surface area contributed by atoms with Crippen LogP contribution in [0.1, 0.15) is 11.1 Å². The second-order valence-corrected chi connectivity index (χ2v) is 9.01. The van der Waals surface area contributed by atoms with Gasteiger partial charge in [-0.25, -0.2) is 0 Å². The third-order valence-corrected chi connectivity index (χ3v) is 6.20. The van der Waals surface area contributed by atoms with Gasteiger partial charge in [0.15, 0.2) is 0 Å². The lowest BCUT2D eigenvalue weighted by atomic mass is 10.1. The summed E-state index contributed by atoms with van der Waals surface area (Å²) in [6.45, 7) is -0.483. The SMILES string of the molecule is COC(=O)[C@@H](N)Cc1ccc(Oc2ccc(/C=C3\SC(=S)N(CC(=O)O)C3=O)cc2Cl)cc1. The molecule has 1 heterocycles. The van der Waals surface area contributed by atoms with Crippen LogP contribution in [0.15, 0.2) is 47.4 Å². The maximum Gasteiger partial charge on any atom is 0.323 e. The first-order valence-electron chi connectivity index (χ1n) is 9.55. The van der Waals surface area contributed by atoms with E-state index in [-0.39, 0.29) is 4.32 Å². The van der Waals surface area contributed by atoms with Crippen molar-refractivity contribution in [1.82, 2.24) is 4.90 Å². The molecule has 0 aromatic heterocycles. The van der Waals surface area contributed by atoms with Gasteiger partial charge in [-0.3, -0.25) is 19.3 Å². The molecule has 0 saturated carbocycles. The van der Waals surface area contributed by atoms with Gasteiger partial charge in [0, 0.05) is 0 Å². The van der Waals surface area contributed by atoms with E-state index in [1.165, 1.54) is 7.11 Å². The first-order valence-corrected chi connectivity index (χ1v) is 11.1. The van der Waals surface area contributed by atoms with Crippen LogP contribution in [0, 0.1) is 0 Å². The largest absolute Gasteiger partial charge is 0.480 e. The van der Waals surface area contributed by atoms with Gasteiger partial charge in [0.05, 0.1) is 17.0 Å². The molecule has 11 heteroatoms. The Morgan fingerprint density at radius 1 is 1.27 bits per heavy atom. The average molecular weight is 507 g/mol. The lowest BCUT2D eigenvalue weighted by molar-refractivity contribution is -0.142. The molecule has 0 radical (unpaired) electrons. The number of carbonyl (C=O) groups excluding carboxylic acids is 2. The molecule has 0 aliphatic carbocycles. The maximum atomic E-state index is 12.4. The molecule has 2 aromatic carbocycles. The molecular formula is C22H19ClN2O6S2. The van der Waals surface area contributed by atoms with Gasteiger partial charge in [-0.2, -0.15) is 0 Å². The first-order chi connectivity index (χ1) is 15.7. The summed E-state index contributed by atoms with van der Waals surface area (Å²) in [7, 11) is 1.29. The predicted molar refractivity (Wildman–Crippen MR) is 129 cm³/mol. The summed E-state index contributed by atoms with van der Waals surface area (Å²) in [5.74, 6) is -1.14. The van der Waals surface area contributed by atoms with Crippen LogP contribution in [0.5, 0.6) is 11.5 Å². The molecule has 1 saturated heterocycles. The highest BCUT2D eigenvalue weighted by molar-refractivity contribution is 8.26. The highest BCUT2D eigenvalue weighted by Gasteiger charge is 2.33. The van der Waals surface area contributed by atoms with E-state index in [2.05, 4.69) is 4.74 Å². The molecule has 0 unspecified atom stereocenters. The number of benzene rings is 2. The number of amides is 1. The van der Waals surface area contributed by atoms with Crippen molar-refractivity contribution in [2.75, 3.05) is 13.7 Å². The molecule has 1 aliphatic rings. The van der Waals surface area contributed by atoms with Crippen molar-refractivity contribution in [2.24, 2.45) is 5.73 Å². The van der Waals surface area contributed by atoms with Crippen molar-refractivity contribution < 1.29 is 29.0 Å². The van der Waals surface area contributed by atoms with Gasteiger partial charge in [0.25, 0.3) is 5.91 Å². The van der Waals surface area contributed by atoms with Crippen molar-refractivity contribution >= 4 is 63.8 Å². The number of rotatable bonds is 8. The van der Waals surface area contributed by atoms with Crippen molar-refractivity contribution in [3.8, 4) is 11.5 Å². The number of esters is 1. The number of ether oxygens (including phenoxy) is 2. The molecule has 3 N–H and O–H groups in total. The summed E-state index contributed by atoms with van der Waals surface area (Å²) in [5, 5.41) is 9.24. The van der Waals surface area contributed by atoms with E-state index in [0.29, 0.717) is 33.4 Å². The lowest BCUT2D eigenvalue weighted by Crippen LogP contribution is -2.33. The zero-order valence-corrected chi connectivity index (χ0v) is 19.7. The van der Waals surface area contributed by atoms with E-state index in [9.17, 15) is 14.4 Å². The highest BCUT2D eigenvalue weighted by atomic mass is 35.5. The number of aliphatic carboxylic acids is 1. The number of nitrogens with zero attached hydrogens (tertiary/aromatic N) is 1. The number of carboxylic acid groups (broad SMARTS) is 1. The fraction of sp³-hybridized carbons (Fsp3) is 0.182. The Bertz CT molecular complexity index is 1140. The molecule has 33 heavy (non-hydrogen) atoms. The molecule has 1 aliphatic heterocycles. The topological polar surface area (TPSA) is 119 Å². The molecule has 8 nitrogen and oxygen atoms in total. The van der Waals surface area contributed by atoms with E-state index in [0.717, 1.165) is 22.2 Å². The minimum absolute atomic E-state index is 0.190. The number of hydrogen-bond acceptors (Lipinski definition) is 8. The monoisotopic (exact) mass is 506 g/mol. The zero-order valence-electron chi connectivity index (χ0n) is 17.3. The Morgan fingerprint density at radius 3 is 2.58 bits per heavy atom. The number of thioether (sulfide) groups is 1. The Kier molecular flexibility index (Phi) is 8.09. The minimum Gasteiger partial charge on any atom is -0.480 e. The molecular weight excluding hydrogens is 488 g/mol. The van der Waals surface area contributed by atoms with Gasteiger partial charge in [0.1, 0.15) is 28.4 Å². The second-order valence-electron chi connectivity index (χ2n) is 6.93. The number of carboxylic acids is 1. The van der Waals surface area contributed by atoms with E-state index in [4.69, 9.17) is 39.4 Å². The number of carbonyl (C=O) groups is 3. The summed E-state index contributed by atoms with van der Waals surface area (Å²) < 4.78 is 10.6. The third kappa shape index (κ3) is 6.32. The van der Waals surface area contributed by atoms with E-state index >= 15 is 0 Å². The second kappa shape index (κ2) is 10.8. The number of hydrogen-bond donors (Lipinski definition) is 2. The Hall–Kier alpha value is -2.92. The van der Waals surface area contributed by atoms with Crippen LogP contribution in [0.2, 0.25) is 5.02 Å². The van der Waals surface area contributed by atoms with E-state index < -0.39 is 30.4 Å². The quantitative estimate of drug-likeness (QED) is 0.315. The predicted octanol–water partition coefficient (Wildman–Crippen LogP) is 3.46. The van der Waals surface area contributed by atoms with Crippen LogP contribution in [0.25, 0.3) is 6.08 Å². The number of thiocarbonyl (C=S) groups is 1. The summed E-state index contributed by atoms with van der Waals surface area (Å²) >= 11 is 12.5. The molecule has 3 rings (SSSR count). The van der Waals surface area contributed by atoms with Gasteiger partial charge in [-0.15, -0.1) is 0 Å². The number of nitrogens with two attached hydrogens (primary N) is 1. The summed E-state index contributed by atoms with van der Waals surface area (Å²) in [4.78, 5) is 36.1. The molecule has 0 spiro atoms. The third-order valence-electron chi connectivity index (χ3n) is 4.53. The maximum absolute atomic E-state index is 12.4. The van der Waals surface area contributed by atoms with Gasteiger partial charge in [-0.1, -0.05) is 53.8 Å². The zero-order chi connectivity index (χ0) is 24.1. The molecule has 1 atom stereocenters. The van der Waals surface area contributed by atoms with Crippen LogP contribution < -0.4 is 10.5 Å². The van der Waals surface area contributed by atoms with Crippen molar-refractivity contribution in [2.45, 2.75) is 12.5 Å². The Balaban J connectivity index is 1.68. The van der Waals surface area contributed by atoms with Crippen LogP contribution >= 0.6 is 35.6 Å². The Morgan fingerprint density at radius 2 is 1.97 bits per heavy atom. The summed E-state index contributed by atoms with van der Waals surface area (Å²) in [6, 6.07) is 11.3. The first kappa shape index (κ1) is 24.7. The molecule has 172 valence electrons. The van der Waals surface area contributed by atoms with Crippen LogP contribution in [-0.4, -0.2) is 51.9 Å². The average Bonchev–Trinajstić information content (AvgIpc) is 3.03. The van der Waals surface area contributed by atoms with Crippen LogP contribution in [-0.2, 0) is 25.5 Å². The fourth-order valence-corrected chi connectivity index (χ4v) is 4.40.